The van der Waals surface area contributed by atoms with Crippen molar-refractivity contribution in [3.05, 3.63) is 30.4 Å². The van der Waals surface area contributed by atoms with Gasteiger partial charge in [-0.3, -0.25) is 9.78 Å². The van der Waals surface area contributed by atoms with Gasteiger partial charge in [-0.15, -0.1) is 0 Å². The first-order valence-corrected chi connectivity index (χ1v) is 5.18. The van der Waals surface area contributed by atoms with E-state index in [1.807, 2.05) is 6.07 Å². The smallest absolute Gasteiger partial charge is 0.315 e. The average molecular weight is 233 g/mol. The lowest BCUT2D eigenvalue weighted by atomic mass is 10.3. The summed E-state index contributed by atoms with van der Waals surface area (Å²) in [5.74, 6) is 0.272. The van der Waals surface area contributed by atoms with Crippen molar-refractivity contribution in [3.8, 4) is 11.4 Å². The SMILES string of the molecule is CCOC(=O)Cc1nc(-c2cccnc2)no1. The Morgan fingerprint density at radius 1 is 1.53 bits per heavy atom. The Bertz CT molecular complexity index is 496. The standard InChI is InChI=1S/C11H11N3O3/c1-2-16-10(15)6-9-13-11(14-17-9)8-4-3-5-12-7-8/h3-5,7H,2,6H2,1H3. The van der Waals surface area contributed by atoms with E-state index in [-0.39, 0.29) is 18.3 Å². The number of rotatable bonds is 4. The number of hydrogen-bond acceptors (Lipinski definition) is 6. The maximum atomic E-state index is 11.2. The van der Waals surface area contributed by atoms with Gasteiger partial charge < -0.3 is 9.26 Å². The van der Waals surface area contributed by atoms with Gasteiger partial charge >= 0.3 is 5.97 Å². The van der Waals surface area contributed by atoms with E-state index >= 15 is 0 Å². The summed E-state index contributed by atoms with van der Waals surface area (Å²) < 4.78 is 9.73. The molecule has 0 N–H and O–H groups in total. The fourth-order valence-corrected chi connectivity index (χ4v) is 1.27. The predicted molar refractivity (Wildman–Crippen MR) is 57.9 cm³/mol. The molecule has 0 aliphatic heterocycles. The number of carbonyl (C=O) groups is 1. The van der Waals surface area contributed by atoms with Gasteiger partial charge in [-0.2, -0.15) is 4.98 Å². The van der Waals surface area contributed by atoms with Gasteiger partial charge in [-0.25, -0.2) is 0 Å². The molecule has 0 bridgehead atoms. The quantitative estimate of drug-likeness (QED) is 0.739. The molecule has 0 radical (unpaired) electrons. The summed E-state index contributed by atoms with van der Waals surface area (Å²) in [6.45, 7) is 2.08. The zero-order valence-corrected chi connectivity index (χ0v) is 9.29. The molecule has 0 amide bonds. The molecule has 0 saturated heterocycles. The van der Waals surface area contributed by atoms with Crippen LogP contribution in [-0.2, 0) is 16.0 Å². The van der Waals surface area contributed by atoms with Crippen LogP contribution in [-0.4, -0.2) is 27.7 Å². The van der Waals surface area contributed by atoms with Gasteiger partial charge in [-0.1, -0.05) is 5.16 Å². The number of carbonyl (C=O) groups excluding carboxylic acids is 1. The molecule has 0 atom stereocenters. The van der Waals surface area contributed by atoms with Crippen LogP contribution in [0.5, 0.6) is 0 Å². The summed E-state index contributed by atoms with van der Waals surface area (Å²) in [6, 6.07) is 3.59. The van der Waals surface area contributed by atoms with E-state index in [2.05, 4.69) is 15.1 Å². The highest BCUT2D eigenvalue weighted by atomic mass is 16.5. The van der Waals surface area contributed by atoms with Gasteiger partial charge in [0.05, 0.1) is 6.61 Å². The van der Waals surface area contributed by atoms with Crippen LogP contribution in [0.3, 0.4) is 0 Å². The summed E-state index contributed by atoms with van der Waals surface area (Å²) in [5, 5.41) is 3.77. The fraction of sp³-hybridized carbons (Fsp3) is 0.273. The summed E-state index contributed by atoms with van der Waals surface area (Å²) in [5.41, 5.74) is 0.742. The molecular formula is C11H11N3O3. The Morgan fingerprint density at radius 3 is 3.12 bits per heavy atom. The maximum Gasteiger partial charge on any atom is 0.315 e. The van der Waals surface area contributed by atoms with Crippen molar-refractivity contribution in [2.24, 2.45) is 0 Å². The summed E-state index contributed by atoms with van der Waals surface area (Å²) in [6.07, 6.45) is 3.27. The molecule has 2 aromatic rings. The van der Waals surface area contributed by atoms with Crippen LogP contribution >= 0.6 is 0 Å². The van der Waals surface area contributed by atoms with E-state index < -0.39 is 0 Å². The van der Waals surface area contributed by atoms with Gasteiger partial charge in [-0.05, 0) is 19.1 Å². The van der Waals surface area contributed by atoms with Crippen LogP contribution in [0.4, 0.5) is 0 Å². The van der Waals surface area contributed by atoms with E-state index in [1.54, 1.807) is 25.4 Å². The molecule has 6 nitrogen and oxygen atoms in total. The number of ether oxygens (including phenoxy) is 1. The first-order chi connectivity index (χ1) is 8.29. The number of hydrogen-bond donors (Lipinski definition) is 0. The molecule has 0 fully saturated rings. The summed E-state index contributed by atoms with van der Waals surface area (Å²) >= 11 is 0. The lowest BCUT2D eigenvalue weighted by molar-refractivity contribution is -0.142. The lowest BCUT2D eigenvalue weighted by Gasteiger charge is -1.96. The second kappa shape index (κ2) is 5.20. The van der Waals surface area contributed by atoms with Crippen LogP contribution in [0.25, 0.3) is 11.4 Å². The molecule has 0 saturated carbocycles. The number of esters is 1. The predicted octanol–water partition coefficient (Wildman–Crippen LogP) is 1.24. The van der Waals surface area contributed by atoms with Crippen LogP contribution in [0.2, 0.25) is 0 Å². The third-order valence-electron chi connectivity index (χ3n) is 1.99. The molecular weight excluding hydrogens is 222 g/mol. The highest BCUT2D eigenvalue weighted by Crippen LogP contribution is 2.13. The first-order valence-electron chi connectivity index (χ1n) is 5.18. The molecule has 0 spiro atoms. The normalized spacial score (nSPS) is 10.2. The van der Waals surface area contributed by atoms with Crippen molar-refractivity contribution in [1.82, 2.24) is 15.1 Å². The van der Waals surface area contributed by atoms with Crippen molar-refractivity contribution < 1.29 is 14.1 Å². The molecule has 6 heteroatoms. The third-order valence-corrected chi connectivity index (χ3v) is 1.99. The minimum atomic E-state index is -0.381. The first kappa shape index (κ1) is 11.3. The topological polar surface area (TPSA) is 78.1 Å². The molecule has 0 aliphatic carbocycles. The highest BCUT2D eigenvalue weighted by molar-refractivity contribution is 5.71. The molecule has 0 unspecified atom stereocenters. The Hall–Kier alpha value is -2.24. The summed E-state index contributed by atoms with van der Waals surface area (Å²) in [7, 11) is 0. The minimum absolute atomic E-state index is 0.0128. The number of nitrogens with zero attached hydrogens (tertiary/aromatic N) is 3. The zero-order chi connectivity index (χ0) is 12.1. The summed E-state index contributed by atoms with van der Waals surface area (Å²) in [4.78, 5) is 19.2. The van der Waals surface area contributed by atoms with E-state index in [9.17, 15) is 4.79 Å². The number of pyridine rings is 1. The zero-order valence-electron chi connectivity index (χ0n) is 9.29. The lowest BCUT2D eigenvalue weighted by Crippen LogP contribution is -2.07. The Kier molecular flexibility index (Phi) is 3.44. The molecule has 17 heavy (non-hydrogen) atoms. The second-order valence-electron chi connectivity index (χ2n) is 3.24. The van der Waals surface area contributed by atoms with Crippen molar-refractivity contribution in [1.29, 1.82) is 0 Å². The molecule has 88 valence electrons. The average Bonchev–Trinajstić information content (AvgIpc) is 2.79. The van der Waals surface area contributed by atoms with E-state index in [1.165, 1.54) is 0 Å². The van der Waals surface area contributed by atoms with Gasteiger partial charge in [0.25, 0.3) is 0 Å². The fourth-order valence-electron chi connectivity index (χ4n) is 1.27. The van der Waals surface area contributed by atoms with Gasteiger partial charge in [0.15, 0.2) is 0 Å². The van der Waals surface area contributed by atoms with Crippen LogP contribution in [0.1, 0.15) is 12.8 Å². The maximum absolute atomic E-state index is 11.2. The van der Waals surface area contributed by atoms with Gasteiger partial charge in [0.1, 0.15) is 6.42 Å². The Morgan fingerprint density at radius 2 is 2.41 bits per heavy atom. The van der Waals surface area contributed by atoms with Crippen LogP contribution in [0, 0.1) is 0 Å². The molecule has 2 rings (SSSR count). The Balaban J connectivity index is 2.09. The van der Waals surface area contributed by atoms with Crippen LogP contribution < -0.4 is 0 Å². The number of aromatic nitrogens is 3. The molecule has 0 aromatic carbocycles. The molecule has 2 aromatic heterocycles. The van der Waals surface area contributed by atoms with Gasteiger partial charge in [0.2, 0.25) is 11.7 Å². The van der Waals surface area contributed by atoms with Crippen molar-refractivity contribution in [2.75, 3.05) is 6.61 Å². The Labute approximate surface area is 97.6 Å². The van der Waals surface area contributed by atoms with Crippen LogP contribution in [0.15, 0.2) is 29.0 Å². The third kappa shape index (κ3) is 2.87. The van der Waals surface area contributed by atoms with Gasteiger partial charge in [0, 0.05) is 18.0 Å². The second-order valence-corrected chi connectivity index (χ2v) is 3.24. The highest BCUT2D eigenvalue weighted by Gasteiger charge is 2.12. The monoisotopic (exact) mass is 233 g/mol. The van der Waals surface area contributed by atoms with E-state index in [0.29, 0.717) is 12.4 Å². The molecule has 2 heterocycles. The molecule has 0 aliphatic rings. The largest absolute Gasteiger partial charge is 0.466 e. The van der Waals surface area contributed by atoms with Crippen molar-refractivity contribution >= 4 is 5.97 Å². The van der Waals surface area contributed by atoms with E-state index in [4.69, 9.17) is 9.26 Å². The minimum Gasteiger partial charge on any atom is -0.466 e. The van der Waals surface area contributed by atoms with Crippen molar-refractivity contribution in [3.63, 3.8) is 0 Å². The van der Waals surface area contributed by atoms with Crippen molar-refractivity contribution in [2.45, 2.75) is 13.3 Å². The van der Waals surface area contributed by atoms with E-state index in [0.717, 1.165) is 5.56 Å².